The number of likely N-dealkylation sites (tertiary alicyclic amines) is 1. The molecule has 1 aromatic carbocycles. The SMILES string of the molecule is N#C[C@H](CC(N)=O)NC(=O)[C@@H]1CCCN1C(=O)OCc1ccc(-c2cncc(Cl)c2)cc1. The lowest BCUT2D eigenvalue weighted by Gasteiger charge is -2.24. The number of nitrogens with one attached hydrogen (secondary N) is 1. The van der Waals surface area contributed by atoms with E-state index in [9.17, 15) is 14.4 Å². The van der Waals surface area contributed by atoms with Gasteiger partial charge in [-0.3, -0.25) is 19.5 Å². The average molecular weight is 456 g/mol. The lowest BCUT2D eigenvalue weighted by Crippen LogP contribution is -2.49. The zero-order valence-electron chi connectivity index (χ0n) is 17.2. The summed E-state index contributed by atoms with van der Waals surface area (Å²) in [6.45, 7) is 0.408. The fourth-order valence-electron chi connectivity index (χ4n) is 3.45. The predicted molar refractivity (Wildman–Crippen MR) is 116 cm³/mol. The molecule has 1 saturated heterocycles. The van der Waals surface area contributed by atoms with Crippen molar-refractivity contribution in [3.05, 3.63) is 53.3 Å². The van der Waals surface area contributed by atoms with Gasteiger partial charge < -0.3 is 15.8 Å². The number of amides is 3. The van der Waals surface area contributed by atoms with Crippen molar-refractivity contribution in [1.29, 1.82) is 5.26 Å². The Morgan fingerprint density at radius 3 is 2.69 bits per heavy atom. The van der Waals surface area contributed by atoms with Crippen molar-refractivity contribution in [2.24, 2.45) is 5.73 Å². The molecule has 1 aliphatic heterocycles. The molecule has 3 amide bonds. The molecule has 0 aliphatic carbocycles. The van der Waals surface area contributed by atoms with Gasteiger partial charge in [-0.15, -0.1) is 0 Å². The summed E-state index contributed by atoms with van der Waals surface area (Å²) >= 11 is 5.98. The monoisotopic (exact) mass is 455 g/mol. The fraction of sp³-hybridized carbons (Fsp3) is 0.318. The minimum absolute atomic E-state index is 0.0419. The van der Waals surface area contributed by atoms with Gasteiger partial charge in [-0.2, -0.15) is 5.26 Å². The van der Waals surface area contributed by atoms with E-state index in [-0.39, 0.29) is 13.0 Å². The third-order valence-electron chi connectivity index (χ3n) is 5.02. The summed E-state index contributed by atoms with van der Waals surface area (Å²) in [5.74, 6) is -1.20. The molecule has 1 aliphatic rings. The quantitative estimate of drug-likeness (QED) is 0.657. The van der Waals surface area contributed by atoms with Gasteiger partial charge in [-0.05, 0) is 30.0 Å². The van der Waals surface area contributed by atoms with Crippen molar-refractivity contribution in [2.45, 2.75) is 38.0 Å². The molecular formula is C22H22ClN5O4. The number of hydrogen-bond donors (Lipinski definition) is 2. The number of primary amides is 1. The van der Waals surface area contributed by atoms with Crippen LogP contribution >= 0.6 is 11.6 Å². The number of nitrogens with two attached hydrogens (primary N) is 1. The van der Waals surface area contributed by atoms with Crippen molar-refractivity contribution >= 4 is 29.5 Å². The van der Waals surface area contributed by atoms with Crippen molar-refractivity contribution in [2.75, 3.05) is 6.54 Å². The third kappa shape index (κ3) is 5.95. The summed E-state index contributed by atoms with van der Waals surface area (Å²) in [6.07, 6.45) is 3.43. The zero-order valence-corrected chi connectivity index (χ0v) is 17.9. The first-order valence-electron chi connectivity index (χ1n) is 9.99. The Balaban J connectivity index is 1.56. The van der Waals surface area contributed by atoms with E-state index in [2.05, 4.69) is 10.3 Å². The first-order chi connectivity index (χ1) is 15.4. The number of pyridine rings is 1. The number of hydrogen-bond acceptors (Lipinski definition) is 6. The van der Waals surface area contributed by atoms with Crippen LogP contribution in [0.3, 0.4) is 0 Å². The summed E-state index contributed by atoms with van der Waals surface area (Å²) in [5.41, 5.74) is 7.66. The highest BCUT2D eigenvalue weighted by molar-refractivity contribution is 6.30. The Morgan fingerprint density at radius 2 is 2.03 bits per heavy atom. The van der Waals surface area contributed by atoms with Crippen LogP contribution in [0.2, 0.25) is 5.02 Å². The van der Waals surface area contributed by atoms with Crippen LogP contribution in [0.5, 0.6) is 0 Å². The molecule has 9 nitrogen and oxygen atoms in total. The van der Waals surface area contributed by atoms with Gasteiger partial charge in [-0.1, -0.05) is 35.9 Å². The lowest BCUT2D eigenvalue weighted by atomic mass is 10.1. The minimum Gasteiger partial charge on any atom is -0.445 e. The lowest BCUT2D eigenvalue weighted by molar-refractivity contribution is -0.125. The van der Waals surface area contributed by atoms with Crippen LogP contribution in [0, 0.1) is 11.3 Å². The topological polar surface area (TPSA) is 138 Å². The van der Waals surface area contributed by atoms with Gasteiger partial charge in [0.2, 0.25) is 11.8 Å². The summed E-state index contributed by atoms with van der Waals surface area (Å²) < 4.78 is 5.39. The highest BCUT2D eigenvalue weighted by Crippen LogP contribution is 2.23. The smallest absolute Gasteiger partial charge is 0.410 e. The van der Waals surface area contributed by atoms with E-state index in [1.54, 1.807) is 12.4 Å². The van der Waals surface area contributed by atoms with Crippen molar-refractivity contribution in [3.63, 3.8) is 0 Å². The highest BCUT2D eigenvalue weighted by atomic mass is 35.5. The Morgan fingerprint density at radius 1 is 1.28 bits per heavy atom. The molecule has 1 aromatic heterocycles. The van der Waals surface area contributed by atoms with E-state index in [0.717, 1.165) is 16.7 Å². The van der Waals surface area contributed by atoms with Gasteiger partial charge in [0, 0.05) is 24.5 Å². The third-order valence-corrected chi connectivity index (χ3v) is 5.23. The number of ether oxygens (including phenoxy) is 1. The largest absolute Gasteiger partial charge is 0.445 e. The standard InChI is InChI=1S/C22H22ClN5O4/c23-17-8-16(11-26-12-17)15-5-3-14(4-6-15)13-32-22(31)28-7-1-2-19(28)21(30)27-18(10-24)9-20(25)29/h3-6,8,11-12,18-19H,1-2,7,9,13H2,(H2,25,29)(H,27,30)/t18-,19-/m0/s1. The molecule has 10 heteroatoms. The summed E-state index contributed by atoms with van der Waals surface area (Å²) in [6, 6.07) is 9.25. The number of halogens is 1. The van der Waals surface area contributed by atoms with Gasteiger partial charge >= 0.3 is 6.09 Å². The molecule has 0 spiro atoms. The van der Waals surface area contributed by atoms with Crippen molar-refractivity contribution in [1.82, 2.24) is 15.2 Å². The van der Waals surface area contributed by atoms with Gasteiger partial charge in [0.15, 0.2) is 0 Å². The number of carbonyl (C=O) groups excluding carboxylic acids is 3. The van der Waals surface area contributed by atoms with Gasteiger partial charge in [-0.25, -0.2) is 4.79 Å². The number of carbonyl (C=O) groups is 3. The molecule has 3 N–H and O–H groups in total. The van der Waals surface area contributed by atoms with E-state index >= 15 is 0 Å². The maximum atomic E-state index is 12.6. The normalized spacial score (nSPS) is 16.1. The Hall–Kier alpha value is -3.64. The van der Waals surface area contributed by atoms with Crippen LogP contribution in [-0.4, -0.2) is 46.4 Å². The summed E-state index contributed by atoms with van der Waals surface area (Å²) in [4.78, 5) is 41.5. The van der Waals surface area contributed by atoms with Crippen LogP contribution in [0.25, 0.3) is 11.1 Å². The van der Waals surface area contributed by atoms with Crippen LogP contribution in [0.15, 0.2) is 42.7 Å². The van der Waals surface area contributed by atoms with E-state index in [4.69, 9.17) is 27.3 Å². The molecular weight excluding hydrogens is 434 g/mol. The number of nitrogens with zero attached hydrogens (tertiary/aromatic N) is 3. The van der Waals surface area contributed by atoms with Crippen LogP contribution in [0.1, 0.15) is 24.8 Å². The maximum absolute atomic E-state index is 12.6. The van der Waals surface area contributed by atoms with E-state index in [1.807, 2.05) is 36.4 Å². The van der Waals surface area contributed by atoms with Crippen LogP contribution in [0.4, 0.5) is 4.79 Å². The van der Waals surface area contributed by atoms with Crippen molar-refractivity contribution in [3.8, 4) is 17.2 Å². The highest BCUT2D eigenvalue weighted by Gasteiger charge is 2.36. The minimum atomic E-state index is -1.04. The second kappa shape index (κ2) is 10.6. The first-order valence-corrected chi connectivity index (χ1v) is 10.4. The van der Waals surface area contributed by atoms with Gasteiger partial charge in [0.25, 0.3) is 0 Å². The molecule has 2 atom stereocenters. The molecule has 0 unspecified atom stereocenters. The number of rotatable bonds is 7. The predicted octanol–water partition coefficient (Wildman–Crippen LogP) is 2.39. The molecule has 1 fully saturated rings. The fourth-order valence-corrected chi connectivity index (χ4v) is 3.62. The number of nitriles is 1. The van der Waals surface area contributed by atoms with E-state index < -0.39 is 30.0 Å². The average Bonchev–Trinajstić information content (AvgIpc) is 3.27. The molecule has 0 radical (unpaired) electrons. The van der Waals surface area contributed by atoms with Crippen LogP contribution in [-0.2, 0) is 20.9 Å². The molecule has 32 heavy (non-hydrogen) atoms. The van der Waals surface area contributed by atoms with Gasteiger partial charge in [0.05, 0.1) is 17.5 Å². The molecule has 166 valence electrons. The van der Waals surface area contributed by atoms with Crippen molar-refractivity contribution < 1.29 is 19.1 Å². The maximum Gasteiger partial charge on any atom is 0.410 e. The summed E-state index contributed by atoms with van der Waals surface area (Å²) in [7, 11) is 0. The molecule has 2 aromatic rings. The Bertz CT molecular complexity index is 1040. The zero-order chi connectivity index (χ0) is 23.1. The summed E-state index contributed by atoms with van der Waals surface area (Å²) in [5, 5.41) is 12.1. The Kier molecular flexibility index (Phi) is 7.63. The second-order valence-electron chi connectivity index (χ2n) is 7.36. The van der Waals surface area contributed by atoms with E-state index in [0.29, 0.717) is 24.4 Å². The van der Waals surface area contributed by atoms with Gasteiger partial charge in [0.1, 0.15) is 18.7 Å². The van der Waals surface area contributed by atoms with Crippen LogP contribution < -0.4 is 11.1 Å². The molecule has 3 rings (SSSR count). The molecule has 2 heterocycles. The molecule has 0 bridgehead atoms. The first kappa shape index (κ1) is 23.0. The number of aromatic nitrogens is 1. The Labute approximate surface area is 190 Å². The second-order valence-corrected chi connectivity index (χ2v) is 7.79. The number of benzene rings is 1. The molecule has 0 saturated carbocycles. The van der Waals surface area contributed by atoms with E-state index in [1.165, 1.54) is 4.90 Å².